The molecule has 4 atom stereocenters. The van der Waals surface area contributed by atoms with Crippen LogP contribution < -0.4 is 15.4 Å². The second kappa shape index (κ2) is 11.5. The molecule has 44 heavy (non-hydrogen) atoms. The van der Waals surface area contributed by atoms with Crippen LogP contribution in [0, 0.1) is 0 Å². The molecule has 12 heteroatoms. The molecule has 0 aliphatic carbocycles. The van der Waals surface area contributed by atoms with Gasteiger partial charge in [0.15, 0.2) is 23.2 Å². The van der Waals surface area contributed by atoms with Gasteiger partial charge in [-0.1, -0.05) is 54.6 Å². The number of carbonyl (C=O) groups excluding carboxylic acids is 1. The van der Waals surface area contributed by atoms with Crippen LogP contribution >= 0.6 is 0 Å². The fraction of sp³-hybridized carbons (Fsp3) is 0.219. The molecule has 0 spiro atoms. The van der Waals surface area contributed by atoms with Crippen molar-refractivity contribution in [3.63, 3.8) is 0 Å². The molecule has 4 heterocycles. The zero-order chi connectivity index (χ0) is 30.2. The molecule has 1 amide bonds. The van der Waals surface area contributed by atoms with Gasteiger partial charge in [0.25, 0.3) is 5.91 Å². The maximum absolute atomic E-state index is 13.5. The number of rotatable bonds is 8. The van der Waals surface area contributed by atoms with Crippen LogP contribution in [0.15, 0.2) is 85.5 Å². The molecule has 0 unspecified atom stereocenters. The Hall–Kier alpha value is -5.17. The van der Waals surface area contributed by atoms with Gasteiger partial charge in [-0.15, -0.1) is 0 Å². The summed E-state index contributed by atoms with van der Waals surface area (Å²) >= 11 is 0. The maximum Gasteiger partial charge on any atom is 0.270 e. The lowest BCUT2D eigenvalue weighted by atomic mass is 10.0. The number of hydrogen-bond acceptors (Lipinski definition) is 10. The molecular formula is C32H29N7O5. The first-order chi connectivity index (χ1) is 21.6. The summed E-state index contributed by atoms with van der Waals surface area (Å²) in [4.78, 5) is 31.4. The highest BCUT2D eigenvalue weighted by atomic mass is 16.5. The average molecular weight is 592 g/mol. The zero-order valence-corrected chi connectivity index (χ0v) is 23.7. The summed E-state index contributed by atoms with van der Waals surface area (Å²) in [6, 6.07) is 22.2. The lowest BCUT2D eigenvalue weighted by Crippen LogP contribution is -2.47. The van der Waals surface area contributed by atoms with Gasteiger partial charge in [0.1, 0.15) is 36.0 Å². The number of hydrogen-bond donors (Lipinski definition) is 4. The molecular weight excluding hydrogens is 562 g/mol. The quantitative estimate of drug-likeness (QED) is 0.207. The van der Waals surface area contributed by atoms with Gasteiger partial charge in [-0.25, -0.2) is 19.9 Å². The van der Waals surface area contributed by atoms with E-state index in [2.05, 4.69) is 54.8 Å². The summed E-state index contributed by atoms with van der Waals surface area (Å²) in [6.45, 7) is 0.0536. The molecule has 3 aromatic carbocycles. The topological polar surface area (TPSA) is 157 Å². The van der Waals surface area contributed by atoms with E-state index < -0.39 is 37.0 Å². The third-order valence-corrected chi connectivity index (χ3v) is 7.94. The van der Waals surface area contributed by atoms with Gasteiger partial charge >= 0.3 is 0 Å². The molecule has 12 nitrogen and oxygen atoms in total. The molecule has 1 fully saturated rings. The number of para-hydroxylation sites is 1. The number of methoxy groups -OCH3 is 1. The Morgan fingerprint density at radius 1 is 1.02 bits per heavy atom. The lowest BCUT2D eigenvalue weighted by molar-refractivity contribution is -0.0440. The standard InChI is InChI=1S/C32H29N7O5/c1-43-24-13-23(37-22-12-5-4-11-21(22)24)31(42)38-26-28(41)25(15-40)44-32(26)39-17-36-27-29(34-16-35-30(27)39)33-14-19-9-6-8-18-7-2-3-10-20(18)19/h2-13,16-17,25-26,28,32,40-41H,14-15H2,1H3,(H,38,42)(H,33,34,35)/t25-,26-,28-,32-/m1/s1. The Labute approximate surface area is 251 Å². The minimum absolute atomic E-state index is 0.108. The van der Waals surface area contributed by atoms with Crippen molar-refractivity contribution in [3.05, 3.63) is 96.7 Å². The molecule has 222 valence electrons. The van der Waals surface area contributed by atoms with Gasteiger partial charge in [-0.3, -0.25) is 9.36 Å². The highest BCUT2D eigenvalue weighted by molar-refractivity contribution is 5.97. The van der Waals surface area contributed by atoms with Crippen LogP contribution in [0.4, 0.5) is 5.82 Å². The van der Waals surface area contributed by atoms with Crippen LogP contribution in [0.2, 0.25) is 0 Å². The van der Waals surface area contributed by atoms with Gasteiger partial charge in [-0.2, -0.15) is 0 Å². The van der Waals surface area contributed by atoms with Crippen LogP contribution in [-0.4, -0.2) is 72.6 Å². The fourth-order valence-corrected chi connectivity index (χ4v) is 5.74. The van der Waals surface area contributed by atoms with E-state index in [4.69, 9.17) is 9.47 Å². The second-order valence-corrected chi connectivity index (χ2v) is 10.5. The van der Waals surface area contributed by atoms with E-state index >= 15 is 0 Å². The van der Waals surface area contributed by atoms with Crippen LogP contribution in [0.25, 0.3) is 32.8 Å². The van der Waals surface area contributed by atoms with E-state index in [-0.39, 0.29) is 5.69 Å². The van der Waals surface area contributed by atoms with Gasteiger partial charge in [0, 0.05) is 18.0 Å². The molecule has 1 aliphatic heterocycles. The monoisotopic (exact) mass is 591 g/mol. The first kappa shape index (κ1) is 27.7. The van der Waals surface area contributed by atoms with Crippen molar-refractivity contribution in [2.45, 2.75) is 31.0 Å². The number of pyridine rings is 1. The number of aliphatic hydroxyl groups is 2. The lowest BCUT2D eigenvalue weighted by Gasteiger charge is -2.23. The van der Waals surface area contributed by atoms with Crippen molar-refractivity contribution in [3.8, 4) is 5.75 Å². The Morgan fingerprint density at radius 3 is 2.66 bits per heavy atom. The first-order valence-electron chi connectivity index (χ1n) is 14.1. The van der Waals surface area contributed by atoms with E-state index in [9.17, 15) is 15.0 Å². The Bertz CT molecular complexity index is 1990. The maximum atomic E-state index is 13.5. The van der Waals surface area contributed by atoms with Gasteiger partial charge in [-0.05, 0) is 28.5 Å². The number of imidazole rings is 1. The number of ether oxygens (including phenoxy) is 2. The molecule has 3 aromatic heterocycles. The SMILES string of the molecule is COc1cc(C(=O)N[C@@H]2[C@H](O)[C@@H](CO)O[C@H]2n2cnc3c(NCc4cccc5ccccc45)ncnc32)nc2ccccc12. The summed E-state index contributed by atoms with van der Waals surface area (Å²) in [6.07, 6.45) is -0.165. The number of nitrogens with one attached hydrogen (secondary N) is 2. The summed E-state index contributed by atoms with van der Waals surface area (Å²) in [5.74, 6) is 0.475. The van der Waals surface area contributed by atoms with Crippen LogP contribution in [0.3, 0.4) is 0 Å². The van der Waals surface area contributed by atoms with E-state index in [1.54, 1.807) is 16.7 Å². The van der Waals surface area contributed by atoms with Gasteiger partial charge in [0.2, 0.25) is 0 Å². The summed E-state index contributed by atoms with van der Waals surface area (Å²) in [5, 5.41) is 30.3. The van der Waals surface area contributed by atoms with E-state index in [1.807, 2.05) is 36.4 Å². The number of amides is 1. The fourth-order valence-electron chi connectivity index (χ4n) is 5.74. The largest absolute Gasteiger partial charge is 0.496 e. The molecule has 0 radical (unpaired) electrons. The van der Waals surface area contributed by atoms with Crippen molar-refractivity contribution in [2.24, 2.45) is 0 Å². The number of anilines is 1. The highest BCUT2D eigenvalue weighted by Crippen LogP contribution is 2.33. The van der Waals surface area contributed by atoms with Crippen molar-refractivity contribution in [2.75, 3.05) is 19.0 Å². The van der Waals surface area contributed by atoms with Crippen molar-refractivity contribution in [1.29, 1.82) is 0 Å². The number of nitrogens with zero attached hydrogens (tertiary/aromatic N) is 5. The van der Waals surface area contributed by atoms with Gasteiger partial charge in [0.05, 0.1) is 25.6 Å². The number of benzene rings is 3. The number of aliphatic hydroxyl groups excluding tert-OH is 2. The van der Waals surface area contributed by atoms with Crippen molar-refractivity contribution >= 4 is 44.6 Å². The molecule has 4 N–H and O–H groups in total. The molecule has 0 bridgehead atoms. The van der Waals surface area contributed by atoms with Crippen LogP contribution in [0.1, 0.15) is 22.3 Å². The minimum Gasteiger partial charge on any atom is -0.496 e. The predicted molar refractivity (Wildman–Crippen MR) is 163 cm³/mol. The molecule has 1 saturated heterocycles. The minimum atomic E-state index is -1.22. The smallest absolute Gasteiger partial charge is 0.270 e. The molecule has 1 aliphatic rings. The Kier molecular flexibility index (Phi) is 7.22. The normalized spacial score (nSPS) is 19.9. The van der Waals surface area contributed by atoms with Crippen LogP contribution in [0.5, 0.6) is 5.75 Å². The Morgan fingerprint density at radius 2 is 1.82 bits per heavy atom. The third kappa shape index (κ3) is 4.84. The average Bonchev–Trinajstić information content (AvgIpc) is 3.63. The van der Waals surface area contributed by atoms with Crippen LogP contribution in [-0.2, 0) is 11.3 Å². The zero-order valence-electron chi connectivity index (χ0n) is 23.7. The summed E-state index contributed by atoms with van der Waals surface area (Å²) in [7, 11) is 1.52. The third-order valence-electron chi connectivity index (χ3n) is 7.94. The van der Waals surface area contributed by atoms with Crippen molar-refractivity contribution < 1.29 is 24.5 Å². The van der Waals surface area contributed by atoms with E-state index in [0.29, 0.717) is 34.8 Å². The number of aromatic nitrogens is 5. The number of carbonyl (C=O) groups is 1. The highest BCUT2D eigenvalue weighted by Gasteiger charge is 2.46. The second-order valence-electron chi connectivity index (χ2n) is 10.5. The number of fused-ring (bicyclic) bond motifs is 3. The predicted octanol–water partition coefficient (Wildman–Crippen LogP) is 3.20. The summed E-state index contributed by atoms with van der Waals surface area (Å²) < 4.78 is 13.2. The summed E-state index contributed by atoms with van der Waals surface area (Å²) in [5.41, 5.74) is 2.72. The molecule has 7 rings (SSSR count). The van der Waals surface area contributed by atoms with E-state index in [0.717, 1.165) is 21.7 Å². The van der Waals surface area contributed by atoms with E-state index in [1.165, 1.54) is 19.8 Å². The van der Waals surface area contributed by atoms with Crippen molar-refractivity contribution in [1.82, 2.24) is 29.8 Å². The molecule has 0 saturated carbocycles. The Balaban J connectivity index is 1.18. The first-order valence-corrected chi connectivity index (χ1v) is 14.1. The molecule has 6 aromatic rings. The van der Waals surface area contributed by atoms with Gasteiger partial charge < -0.3 is 30.3 Å².